The number of thiophene rings is 1. The van der Waals surface area contributed by atoms with E-state index in [0.717, 1.165) is 28.2 Å². The Kier molecular flexibility index (Phi) is 4.37. The SMILES string of the molecule is N#Cc1sc(NC(=O)c2ccc(C(=O)O)s2)nc1-c1ccccc1. The van der Waals surface area contributed by atoms with Crippen LogP contribution in [0.15, 0.2) is 42.5 Å². The summed E-state index contributed by atoms with van der Waals surface area (Å²) in [6, 6.07) is 14.1. The number of carboxylic acid groups (broad SMARTS) is 1. The molecule has 0 radical (unpaired) electrons. The average molecular weight is 355 g/mol. The predicted molar refractivity (Wildman–Crippen MR) is 91.5 cm³/mol. The minimum atomic E-state index is -1.08. The Bertz CT molecular complexity index is 955. The monoisotopic (exact) mass is 355 g/mol. The van der Waals surface area contributed by atoms with Gasteiger partial charge in [0.1, 0.15) is 21.5 Å². The van der Waals surface area contributed by atoms with Crippen LogP contribution in [-0.4, -0.2) is 22.0 Å². The Morgan fingerprint density at radius 3 is 2.42 bits per heavy atom. The van der Waals surface area contributed by atoms with Crippen LogP contribution in [0.3, 0.4) is 0 Å². The molecule has 24 heavy (non-hydrogen) atoms. The lowest BCUT2D eigenvalue weighted by atomic mass is 10.1. The molecule has 3 aromatic rings. The van der Waals surface area contributed by atoms with E-state index >= 15 is 0 Å². The maximum Gasteiger partial charge on any atom is 0.345 e. The molecule has 0 unspecified atom stereocenters. The summed E-state index contributed by atoms with van der Waals surface area (Å²) in [4.78, 5) is 28.1. The molecule has 0 aliphatic rings. The third-order valence-corrected chi connectivity index (χ3v) is 4.98. The van der Waals surface area contributed by atoms with Gasteiger partial charge >= 0.3 is 5.97 Å². The fourth-order valence-electron chi connectivity index (χ4n) is 1.97. The topological polar surface area (TPSA) is 103 Å². The van der Waals surface area contributed by atoms with Gasteiger partial charge in [0.2, 0.25) is 0 Å². The highest BCUT2D eigenvalue weighted by molar-refractivity contribution is 7.17. The van der Waals surface area contributed by atoms with Gasteiger partial charge in [-0.2, -0.15) is 5.26 Å². The highest BCUT2D eigenvalue weighted by Crippen LogP contribution is 2.31. The number of nitrogens with zero attached hydrogens (tertiary/aromatic N) is 2. The molecule has 1 amide bonds. The first-order valence-electron chi connectivity index (χ1n) is 6.69. The Balaban J connectivity index is 1.85. The zero-order valence-corrected chi connectivity index (χ0v) is 13.6. The molecule has 0 aliphatic carbocycles. The van der Waals surface area contributed by atoms with Crippen molar-refractivity contribution < 1.29 is 14.7 Å². The molecule has 0 saturated carbocycles. The number of amides is 1. The summed E-state index contributed by atoms with van der Waals surface area (Å²) in [5, 5.41) is 21.1. The number of nitrogens with one attached hydrogen (secondary N) is 1. The van der Waals surface area contributed by atoms with Gasteiger partial charge in [-0.15, -0.1) is 11.3 Å². The smallest absolute Gasteiger partial charge is 0.345 e. The number of hydrogen-bond donors (Lipinski definition) is 2. The number of rotatable bonds is 4. The molecule has 2 N–H and O–H groups in total. The van der Waals surface area contributed by atoms with E-state index < -0.39 is 11.9 Å². The van der Waals surface area contributed by atoms with E-state index in [1.54, 1.807) is 0 Å². The number of carbonyl (C=O) groups is 2. The van der Waals surface area contributed by atoms with Crippen LogP contribution in [0, 0.1) is 11.3 Å². The fraction of sp³-hybridized carbons (Fsp3) is 0. The van der Waals surface area contributed by atoms with Crippen LogP contribution >= 0.6 is 22.7 Å². The minimum Gasteiger partial charge on any atom is -0.477 e. The van der Waals surface area contributed by atoms with E-state index in [4.69, 9.17) is 5.11 Å². The van der Waals surface area contributed by atoms with Crippen molar-refractivity contribution in [3.63, 3.8) is 0 Å². The van der Waals surface area contributed by atoms with Gasteiger partial charge in [0, 0.05) is 5.56 Å². The van der Waals surface area contributed by atoms with Gasteiger partial charge in [-0.25, -0.2) is 9.78 Å². The summed E-state index contributed by atoms with van der Waals surface area (Å²) in [7, 11) is 0. The third-order valence-electron chi connectivity index (χ3n) is 3.04. The molecular formula is C16H9N3O3S2. The maximum absolute atomic E-state index is 12.2. The van der Waals surface area contributed by atoms with E-state index in [0.29, 0.717) is 15.7 Å². The lowest BCUT2D eigenvalue weighted by molar-refractivity contribution is 0.0702. The second-order valence-electron chi connectivity index (χ2n) is 4.60. The average Bonchev–Trinajstić information content (AvgIpc) is 3.22. The lowest BCUT2D eigenvalue weighted by Gasteiger charge is -1.98. The number of carboxylic acids is 1. The van der Waals surface area contributed by atoms with Crippen molar-refractivity contribution in [2.45, 2.75) is 0 Å². The van der Waals surface area contributed by atoms with E-state index in [1.165, 1.54) is 12.1 Å². The highest BCUT2D eigenvalue weighted by atomic mass is 32.1. The van der Waals surface area contributed by atoms with Gasteiger partial charge in [0.05, 0.1) is 4.88 Å². The number of benzene rings is 1. The molecule has 0 aliphatic heterocycles. The number of thiazole rings is 1. The van der Waals surface area contributed by atoms with Crippen LogP contribution in [0.1, 0.15) is 24.2 Å². The van der Waals surface area contributed by atoms with Gasteiger partial charge in [-0.05, 0) is 12.1 Å². The number of aromatic nitrogens is 1. The molecule has 3 rings (SSSR count). The lowest BCUT2D eigenvalue weighted by Crippen LogP contribution is -2.09. The van der Waals surface area contributed by atoms with Crippen molar-refractivity contribution >= 4 is 39.7 Å². The Morgan fingerprint density at radius 2 is 1.79 bits per heavy atom. The van der Waals surface area contributed by atoms with Crippen molar-refractivity contribution in [2.75, 3.05) is 5.32 Å². The fourth-order valence-corrected chi connectivity index (χ4v) is 3.49. The Labute approximate surface area is 144 Å². The van der Waals surface area contributed by atoms with Crippen LogP contribution in [0.4, 0.5) is 5.13 Å². The van der Waals surface area contributed by atoms with Crippen molar-refractivity contribution in [3.05, 3.63) is 57.1 Å². The van der Waals surface area contributed by atoms with Crippen LogP contribution in [0.2, 0.25) is 0 Å². The molecule has 0 saturated heterocycles. The number of carbonyl (C=O) groups excluding carboxylic acids is 1. The first-order valence-corrected chi connectivity index (χ1v) is 8.32. The van der Waals surface area contributed by atoms with E-state index in [1.807, 2.05) is 30.3 Å². The first kappa shape index (κ1) is 15.9. The number of aromatic carboxylic acids is 1. The highest BCUT2D eigenvalue weighted by Gasteiger charge is 2.17. The summed E-state index contributed by atoms with van der Waals surface area (Å²) in [6.45, 7) is 0. The molecule has 2 heterocycles. The second-order valence-corrected chi connectivity index (χ2v) is 6.68. The van der Waals surface area contributed by atoms with Crippen molar-refractivity contribution in [1.29, 1.82) is 5.26 Å². The van der Waals surface area contributed by atoms with Gasteiger partial charge in [0.25, 0.3) is 5.91 Å². The van der Waals surface area contributed by atoms with Gasteiger partial charge in [-0.1, -0.05) is 41.7 Å². The van der Waals surface area contributed by atoms with Crippen molar-refractivity contribution in [3.8, 4) is 17.3 Å². The second kappa shape index (κ2) is 6.62. The largest absolute Gasteiger partial charge is 0.477 e. The molecule has 0 fully saturated rings. The predicted octanol–water partition coefficient (Wildman–Crippen LogP) is 3.69. The summed E-state index contributed by atoms with van der Waals surface area (Å²) < 4.78 is 0. The zero-order chi connectivity index (χ0) is 17.1. The first-order chi connectivity index (χ1) is 11.6. The van der Waals surface area contributed by atoms with E-state index in [2.05, 4.69) is 16.4 Å². The molecular weight excluding hydrogens is 346 g/mol. The third kappa shape index (κ3) is 3.17. The minimum absolute atomic E-state index is 0.0852. The number of hydrogen-bond acceptors (Lipinski definition) is 6. The standard InChI is InChI=1S/C16H9N3O3S2/c17-8-12-13(9-4-2-1-3-5-9)18-16(24-12)19-14(20)10-6-7-11(23-10)15(21)22/h1-7H,(H,21,22)(H,18,19,20). The van der Waals surface area contributed by atoms with Gasteiger partial charge in [-0.3, -0.25) is 10.1 Å². The van der Waals surface area contributed by atoms with Gasteiger partial charge in [0.15, 0.2) is 5.13 Å². The molecule has 118 valence electrons. The zero-order valence-electron chi connectivity index (χ0n) is 12.0. The maximum atomic E-state index is 12.2. The molecule has 0 spiro atoms. The van der Waals surface area contributed by atoms with Crippen LogP contribution < -0.4 is 5.32 Å². The number of anilines is 1. The number of nitriles is 1. The molecule has 1 aromatic carbocycles. The van der Waals surface area contributed by atoms with Crippen LogP contribution in [0.25, 0.3) is 11.3 Å². The van der Waals surface area contributed by atoms with Crippen molar-refractivity contribution in [1.82, 2.24) is 4.98 Å². The molecule has 8 heteroatoms. The Hall–Kier alpha value is -3.02. The molecule has 6 nitrogen and oxygen atoms in total. The Morgan fingerprint density at radius 1 is 1.08 bits per heavy atom. The van der Waals surface area contributed by atoms with Crippen LogP contribution in [-0.2, 0) is 0 Å². The van der Waals surface area contributed by atoms with E-state index in [-0.39, 0.29) is 9.75 Å². The molecule has 0 bridgehead atoms. The van der Waals surface area contributed by atoms with Crippen LogP contribution in [0.5, 0.6) is 0 Å². The summed E-state index contributed by atoms with van der Waals surface area (Å²) in [6.07, 6.45) is 0. The molecule has 0 atom stereocenters. The summed E-state index contributed by atoms with van der Waals surface area (Å²) >= 11 is 1.96. The normalized spacial score (nSPS) is 10.1. The van der Waals surface area contributed by atoms with Gasteiger partial charge < -0.3 is 5.11 Å². The molecule has 2 aromatic heterocycles. The van der Waals surface area contributed by atoms with E-state index in [9.17, 15) is 14.9 Å². The van der Waals surface area contributed by atoms with Crippen molar-refractivity contribution in [2.24, 2.45) is 0 Å². The summed E-state index contributed by atoms with van der Waals surface area (Å²) in [5.41, 5.74) is 1.30. The summed E-state index contributed by atoms with van der Waals surface area (Å²) in [5.74, 6) is -1.53. The quantitative estimate of drug-likeness (QED) is 0.743.